The number of carbonyl (C=O) groups is 2. The molecule has 2 aromatic rings. The van der Waals surface area contributed by atoms with Crippen molar-refractivity contribution in [1.82, 2.24) is 24.9 Å². The molecule has 0 aliphatic carbocycles. The fourth-order valence-electron chi connectivity index (χ4n) is 4.06. The van der Waals surface area contributed by atoms with Gasteiger partial charge < -0.3 is 15.1 Å². The first-order chi connectivity index (χ1) is 13.6. The summed E-state index contributed by atoms with van der Waals surface area (Å²) in [5.41, 5.74) is 1.40. The third-order valence-corrected chi connectivity index (χ3v) is 5.57. The van der Waals surface area contributed by atoms with E-state index in [1.807, 2.05) is 4.90 Å². The molecular weight excluding hydrogens is 361 g/mol. The van der Waals surface area contributed by atoms with Gasteiger partial charge in [0.1, 0.15) is 11.5 Å². The molecule has 0 radical (unpaired) electrons. The highest BCUT2D eigenvalue weighted by Gasteiger charge is 2.32. The van der Waals surface area contributed by atoms with E-state index in [9.17, 15) is 14.0 Å². The molecule has 1 atom stereocenters. The molecule has 3 heterocycles. The molecule has 0 spiro atoms. The van der Waals surface area contributed by atoms with Gasteiger partial charge in [-0.15, -0.1) is 0 Å². The summed E-state index contributed by atoms with van der Waals surface area (Å²) in [5, 5.41) is 7.32. The molecular formula is C20H24FN5O2. The van der Waals surface area contributed by atoms with Gasteiger partial charge in [-0.1, -0.05) is 12.1 Å². The van der Waals surface area contributed by atoms with Crippen LogP contribution in [-0.2, 0) is 4.79 Å². The van der Waals surface area contributed by atoms with E-state index in [2.05, 4.69) is 10.4 Å². The monoisotopic (exact) mass is 385 g/mol. The lowest BCUT2D eigenvalue weighted by atomic mass is 10.0. The molecule has 4 rings (SSSR count). The highest BCUT2D eigenvalue weighted by atomic mass is 19.1. The van der Waals surface area contributed by atoms with E-state index in [1.54, 1.807) is 30.0 Å². The van der Waals surface area contributed by atoms with Crippen LogP contribution >= 0.6 is 0 Å². The van der Waals surface area contributed by atoms with Crippen molar-refractivity contribution in [3.8, 4) is 5.69 Å². The summed E-state index contributed by atoms with van der Waals surface area (Å²) in [7, 11) is 0. The number of hydrogen-bond donors (Lipinski definition) is 1. The molecule has 0 saturated carbocycles. The molecule has 0 bridgehead atoms. The van der Waals surface area contributed by atoms with E-state index < -0.39 is 0 Å². The number of carbonyl (C=O) groups excluding carboxylic acids is 2. The Morgan fingerprint density at radius 2 is 2.11 bits per heavy atom. The van der Waals surface area contributed by atoms with Crippen LogP contribution < -0.4 is 5.32 Å². The largest absolute Gasteiger partial charge is 0.336 e. The lowest BCUT2D eigenvalue weighted by molar-refractivity contribution is -0.135. The molecule has 1 aromatic heterocycles. The summed E-state index contributed by atoms with van der Waals surface area (Å²) in [6.07, 6.45) is 3.26. The Bertz CT molecular complexity index is 896. The Morgan fingerprint density at radius 1 is 1.29 bits per heavy atom. The van der Waals surface area contributed by atoms with E-state index in [1.165, 1.54) is 16.9 Å². The second-order valence-corrected chi connectivity index (χ2v) is 7.32. The fraction of sp³-hybridized carbons (Fsp3) is 0.450. The van der Waals surface area contributed by atoms with Gasteiger partial charge in [-0.2, -0.15) is 5.10 Å². The van der Waals surface area contributed by atoms with Gasteiger partial charge in [0, 0.05) is 32.2 Å². The van der Waals surface area contributed by atoms with Crippen molar-refractivity contribution in [3.05, 3.63) is 47.5 Å². The topological polar surface area (TPSA) is 70.5 Å². The molecule has 2 aliphatic rings. The van der Waals surface area contributed by atoms with Crippen LogP contribution in [0.25, 0.3) is 5.69 Å². The lowest BCUT2D eigenvalue weighted by Crippen LogP contribution is -2.57. The van der Waals surface area contributed by atoms with E-state index >= 15 is 0 Å². The van der Waals surface area contributed by atoms with Crippen LogP contribution in [0.15, 0.2) is 30.5 Å². The molecule has 2 saturated heterocycles. The SMILES string of the molecule is Cc1c(C(=O)N2CCCC(N3CCNCC3=O)C2)cnn1-c1ccccc1F. The molecule has 2 fully saturated rings. The van der Waals surface area contributed by atoms with Crippen molar-refractivity contribution < 1.29 is 14.0 Å². The molecule has 1 N–H and O–H groups in total. The van der Waals surface area contributed by atoms with Crippen LogP contribution in [0.2, 0.25) is 0 Å². The minimum atomic E-state index is -0.386. The molecule has 8 heteroatoms. The number of nitrogens with zero attached hydrogens (tertiary/aromatic N) is 4. The number of amides is 2. The number of piperidine rings is 1. The maximum absolute atomic E-state index is 14.1. The van der Waals surface area contributed by atoms with Gasteiger partial charge in [-0.25, -0.2) is 9.07 Å². The first-order valence-electron chi connectivity index (χ1n) is 9.65. The number of nitrogens with one attached hydrogen (secondary N) is 1. The van der Waals surface area contributed by atoms with Crippen molar-refractivity contribution in [3.63, 3.8) is 0 Å². The Kier molecular flexibility index (Phi) is 5.13. The van der Waals surface area contributed by atoms with Gasteiger partial charge in [0.2, 0.25) is 5.91 Å². The zero-order chi connectivity index (χ0) is 19.7. The fourth-order valence-corrected chi connectivity index (χ4v) is 4.06. The number of halogens is 1. The predicted octanol–water partition coefficient (Wildman–Crippen LogP) is 1.36. The minimum Gasteiger partial charge on any atom is -0.336 e. The number of piperazine rings is 1. The summed E-state index contributed by atoms with van der Waals surface area (Å²) in [4.78, 5) is 29.0. The Morgan fingerprint density at radius 3 is 2.89 bits per heavy atom. The Balaban J connectivity index is 1.53. The van der Waals surface area contributed by atoms with Crippen molar-refractivity contribution in [2.75, 3.05) is 32.7 Å². The van der Waals surface area contributed by atoms with Crippen molar-refractivity contribution >= 4 is 11.8 Å². The summed E-state index contributed by atoms with van der Waals surface area (Å²) in [6.45, 7) is 4.77. The van der Waals surface area contributed by atoms with E-state index in [-0.39, 0.29) is 23.7 Å². The third-order valence-electron chi connectivity index (χ3n) is 5.57. The normalized spacial score (nSPS) is 20.5. The molecule has 7 nitrogen and oxygen atoms in total. The van der Waals surface area contributed by atoms with Crippen molar-refractivity contribution in [1.29, 1.82) is 0 Å². The Hall–Kier alpha value is -2.74. The summed E-state index contributed by atoms with van der Waals surface area (Å²) in [5.74, 6) is -0.413. The molecule has 1 unspecified atom stereocenters. The predicted molar refractivity (Wildman–Crippen MR) is 102 cm³/mol. The number of likely N-dealkylation sites (tertiary alicyclic amines) is 1. The van der Waals surface area contributed by atoms with Crippen LogP contribution in [0, 0.1) is 12.7 Å². The second kappa shape index (κ2) is 7.71. The zero-order valence-corrected chi connectivity index (χ0v) is 15.9. The van der Waals surface area contributed by atoms with E-state index in [4.69, 9.17) is 0 Å². The van der Waals surface area contributed by atoms with Gasteiger partial charge in [0.05, 0.1) is 24.0 Å². The number of hydrogen-bond acceptors (Lipinski definition) is 4. The smallest absolute Gasteiger partial charge is 0.257 e. The summed E-state index contributed by atoms with van der Waals surface area (Å²) < 4.78 is 15.6. The maximum atomic E-state index is 14.1. The molecule has 148 valence electrons. The van der Waals surface area contributed by atoms with Crippen LogP contribution in [0.3, 0.4) is 0 Å². The highest BCUT2D eigenvalue weighted by molar-refractivity contribution is 5.95. The first-order valence-corrected chi connectivity index (χ1v) is 9.65. The van der Waals surface area contributed by atoms with Crippen LogP contribution in [0.1, 0.15) is 28.9 Å². The van der Waals surface area contributed by atoms with E-state index in [0.717, 1.165) is 19.4 Å². The zero-order valence-electron chi connectivity index (χ0n) is 15.9. The molecule has 2 aliphatic heterocycles. The molecule has 28 heavy (non-hydrogen) atoms. The average molecular weight is 385 g/mol. The molecule has 1 aromatic carbocycles. The van der Waals surface area contributed by atoms with Gasteiger partial charge in [0.25, 0.3) is 5.91 Å². The summed E-state index contributed by atoms with van der Waals surface area (Å²) >= 11 is 0. The first kappa shape index (κ1) is 18.6. The minimum absolute atomic E-state index is 0.0502. The summed E-state index contributed by atoms with van der Waals surface area (Å²) in [6, 6.07) is 6.42. The highest BCUT2D eigenvalue weighted by Crippen LogP contribution is 2.22. The van der Waals surface area contributed by atoms with Crippen molar-refractivity contribution in [2.24, 2.45) is 0 Å². The van der Waals surface area contributed by atoms with Crippen LogP contribution in [0.4, 0.5) is 4.39 Å². The van der Waals surface area contributed by atoms with E-state index in [0.29, 0.717) is 43.1 Å². The van der Waals surface area contributed by atoms with Crippen LogP contribution in [0.5, 0.6) is 0 Å². The third kappa shape index (κ3) is 3.40. The molecule has 2 amide bonds. The number of aromatic nitrogens is 2. The number of rotatable bonds is 3. The van der Waals surface area contributed by atoms with Crippen LogP contribution in [-0.4, -0.2) is 70.2 Å². The quantitative estimate of drug-likeness (QED) is 0.866. The van der Waals surface area contributed by atoms with Gasteiger partial charge >= 0.3 is 0 Å². The average Bonchev–Trinajstić information content (AvgIpc) is 3.09. The number of para-hydroxylation sites is 1. The maximum Gasteiger partial charge on any atom is 0.257 e. The second-order valence-electron chi connectivity index (χ2n) is 7.32. The van der Waals surface area contributed by atoms with Gasteiger partial charge in [-0.05, 0) is 31.9 Å². The number of benzene rings is 1. The van der Waals surface area contributed by atoms with Crippen molar-refractivity contribution in [2.45, 2.75) is 25.8 Å². The van der Waals surface area contributed by atoms with Gasteiger partial charge in [-0.3, -0.25) is 9.59 Å². The lowest BCUT2D eigenvalue weighted by Gasteiger charge is -2.41. The van der Waals surface area contributed by atoms with Gasteiger partial charge in [0.15, 0.2) is 0 Å². The standard InChI is InChI=1S/C20H24FN5O2/c1-14-16(11-23-26(14)18-7-3-2-6-17(18)21)20(28)24-9-4-5-15(13-24)25-10-8-22-12-19(25)27/h2-3,6-7,11,15,22H,4-5,8-10,12-13H2,1H3. The Labute approximate surface area is 163 Å².